The second kappa shape index (κ2) is 6.58. The zero-order chi connectivity index (χ0) is 15.3. The molecule has 1 N–H and O–H groups in total. The van der Waals surface area contributed by atoms with Gasteiger partial charge in [0, 0.05) is 11.5 Å². The van der Waals surface area contributed by atoms with Crippen LogP contribution in [-0.2, 0) is 0 Å². The molecular formula is C11H7F4N3O2. The molecule has 0 aromatic heterocycles. The lowest BCUT2D eigenvalue weighted by molar-refractivity contribution is 0.0683. The number of halogens is 4. The summed E-state index contributed by atoms with van der Waals surface area (Å²) < 4.78 is 53.6. The quantitative estimate of drug-likeness (QED) is 0.224. The highest BCUT2D eigenvalue weighted by molar-refractivity contribution is 5.88. The molecule has 0 fully saturated rings. The van der Waals surface area contributed by atoms with Gasteiger partial charge in [-0.3, -0.25) is 0 Å². The van der Waals surface area contributed by atoms with Gasteiger partial charge in [0.05, 0.1) is 5.56 Å². The molecule has 0 unspecified atom stereocenters. The predicted molar refractivity (Wildman–Crippen MR) is 60.9 cm³/mol. The van der Waals surface area contributed by atoms with E-state index in [0.29, 0.717) is 0 Å². The number of benzene rings is 1. The van der Waals surface area contributed by atoms with E-state index < -0.39 is 40.4 Å². The number of carboxylic acids is 1. The maximum Gasteiger partial charge on any atom is 0.341 e. The Kier molecular flexibility index (Phi) is 5.10. The van der Waals surface area contributed by atoms with E-state index in [-0.39, 0.29) is 13.0 Å². The molecule has 0 aliphatic carbocycles. The zero-order valence-corrected chi connectivity index (χ0v) is 9.78. The molecule has 0 amide bonds. The molecule has 0 aliphatic heterocycles. The van der Waals surface area contributed by atoms with Crippen LogP contribution in [-0.4, -0.2) is 17.6 Å². The number of azide groups is 1. The summed E-state index contributed by atoms with van der Waals surface area (Å²) in [5.74, 6) is -9.68. The van der Waals surface area contributed by atoms with Crippen LogP contribution in [0.3, 0.4) is 0 Å². The summed E-state index contributed by atoms with van der Waals surface area (Å²) in [6.45, 7) is -0.00554. The topological polar surface area (TPSA) is 86.1 Å². The largest absolute Gasteiger partial charge is 0.477 e. The van der Waals surface area contributed by atoms with E-state index in [1.54, 1.807) is 0 Å². The van der Waals surface area contributed by atoms with E-state index in [1.165, 1.54) is 0 Å². The fourth-order valence-corrected chi connectivity index (χ4v) is 1.36. The number of hydrogen-bond acceptors (Lipinski definition) is 2. The zero-order valence-electron chi connectivity index (χ0n) is 9.78. The molecular weight excluding hydrogens is 282 g/mol. The first kappa shape index (κ1) is 15.5. The molecule has 0 bridgehead atoms. The number of hydrogen-bond donors (Lipinski definition) is 1. The molecule has 9 heteroatoms. The first-order chi connectivity index (χ1) is 9.41. The van der Waals surface area contributed by atoms with Crippen molar-refractivity contribution in [3.63, 3.8) is 0 Å². The van der Waals surface area contributed by atoms with Crippen molar-refractivity contribution in [3.05, 3.63) is 50.9 Å². The van der Waals surface area contributed by atoms with Crippen molar-refractivity contribution in [2.75, 3.05) is 6.54 Å². The van der Waals surface area contributed by atoms with Gasteiger partial charge in [-0.25, -0.2) is 22.4 Å². The third kappa shape index (κ3) is 3.07. The van der Waals surface area contributed by atoms with Crippen LogP contribution in [0.4, 0.5) is 17.6 Å². The fraction of sp³-hybridized carbons (Fsp3) is 0.182. The summed E-state index contributed by atoms with van der Waals surface area (Å²) in [7, 11) is 0. The molecule has 0 saturated carbocycles. The third-order valence-corrected chi connectivity index (χ3v) is 2.25. The van der Waals surface area contributed by atoms with Crippen molar-refractivity contribution in [1.29, 1.82) is 0 Å². The summed E-state index contributed by atoms with van der Waals surface area (Å²) in [6.07, 6.45) is 1.97. The lowest BCUT2D eigenvalue weighted by Gasteiger charge is -2.06. The Labute approximate surface area is 109 Å². The van der Waals surface area contributed by atoms with Gasteiger partial charge < -0.3 is 5.11 Å². The Morgan fingerprint density at radius 1 is 1.20 bits per heavy atom. The van der Waals surface area contributed by atoms with Crippen molar-refractivity contribution in [3.8, 4) is 0 Å². The maximum absolute atomic E-state index is 13.5. The van der Waals surface area contributed by atoms with Crippen LogP contribution < -0.4 is 0 Å². The van der Waals surface area contributed by atoms with Gasteiger partial charge in [-0.05, 0) is 12.0 Å². The minimum Gasteiger partial charge on any atom is -0.477 e. The van der Waals surface area contributed by atoms with Gasteiger partial charge in [0.1, 0.15) is 5.56 Å². The van der Waals surface area contributed by atoms with Crippen molar-refractivity contribution in [1.82, 2.24) is 0 Å². The molecule has 5 nitrogen and oxygen atoms in total. The molecule has 106 valence electrons. The van der Waals surface area contributed by atoms with Crippen LogP contribution >= 0.6 is 0 Å². The minimum atomic E-state index is -2.11. The van der Waals surface area contributed by atoms with Gasteiger partial charge in [-0.1, -0.05) is 17.3 Å². The van der Waals surface area contributed by atoms with Crippen molar-refractivity contribution in [2.45, 2.75) is 6.42 Å². The smallest absolute Gasteiger partial charge is 0.341 e. The Morgan fingerprint density at radius 3 is 2.20 bits per heavy atom. The van der Waals surface area contributed by atoms with Gasteiger partial charge in [0.2, 0.25) is 0 Å². The molecule has 0 heterocycles. The Balaban J connectivity index is 3.22. The molecule has 0 aliphatic rings. The maximum atomic E-state index is 13.5. The van der Waals surface area contributed by atoms with E-state index in [4.69, 9.17) is 10.6 Å². The van der Waals surface area contributed by atoms with E-state index in [1.807, 2.05) is 0 Å². The predicted octanol–water partition coefficient (Wildman–Crippen LogP) is 3.65. The minimum absolute atomic E-state index is 0.00554. The Hall–Kier alpha value is -2.54. The molecule has 1 aromatic rings. The number of aromatic carboxylic acids is 1. The van der Waals surface area contributed by atoms with Crippen molar-refractivity contribution >= 4 is 12.0 Å². The fourth-order valence-electron chi connectivity index (χ4n) is 1.36. The summed E-state index contributed by atoms with van der Waals surface area (Å²) in [4.78, 5) is 12.9. The van der Waals surface area contributed by atoms with E-state index in [0.717, 1.165) is 12.2 Å². The van der Waals surface area contributed by atoms with Crippen LogP contribution in [0.15, 0.2) is 11.2 Å². The number of carbonyl (C=O) groups is 1. The highest BCUT2D eigenvalue weighted by Gasteiger charge is 2.27. The van der Waals surface area contributed by atoms with Crippen LogP contribution in [0, 0.1) is 23.3 Å². The van der Waals surface area contributed by atoms with Crippen LogP contribution in [0.25, 0.3) is 16.5 Å². The first-order valence-electron chi connectivity index (χ1n) is 5.18. The molecule has 20 heavy (non-hydrogen) atoms. The third-order valence-electron chi connectivity index (χ3n) is 2.25. The van der Waals surface area contributed by atoms with Crippen molar-refractivity contribution in [2.24, 2.45) is 5.11 Å². The SMILES string of the molecule is [N-]=[N+]=NCCC=Cc1c(F)c(F)c(C(=O)O)c(F)c1F. The van der Waals surface area contributed by atoms with Crippen LogP contribution in [0.2, 0.25) is 0 Å². The molecule has 1 rings (SSSR count). The number of nitrogens with zero attached hydrogens (tertiary/aromatic N) is 3. The molecule has 0 saturated heterocycles. The average Bonchev–Trinajstić information content (AvgIpc) is 2.39. The monoisotopic (exact) mass is 289 g/mol. The molecule has 0 radical (unpaired) electrons. The van der Waals surface area contributed by atoms with E-state index >= 15 is 0 Å². The summed E-state index contributed by atoms with van der Waals surface area (Å²) in [6, 6.07) is 0. The molecule has 0 atom stereocenters. The Morgan fingerprint density at radius 2 is 1.75 bits per heavy atom. The lowest BCUT2D eigenvalue weighted by atomic mass is 10.1. The summed E-state index contributed by atoms with van der Waals surface area (Å²) >= 11 is 0. The van der Waals surface area contributed by atoms with Crippen LogP contribution in [0.5, 0.6) is 0 Å². The highest BCUT2D eigenvalue weighted by atomic mass is 19.2. The normalized spacial score (nSPS) is 10.6. The van der Waals surface area contributed by atoms with Gasteiger partial charge in [-0.15, -0.1) is 0 Å². The van der Waals surface area contributed by atoms with E-state index in [9.17, 15) is 22.4 Å². The van der Waals surface area contributed by atoms with Crippen molar-refractivity contribution < 1.29 is 27.5 Å². The van der Waals surface area contributed by atoms with E-state index in [2.05, 4.69) is 10.0 Å². The average molecular weight is 289 g/mol. The number of carboxylic acid groups (broad SMARTS) is 1. The summed E-state index contributed by atoms with van der Waals surface area (Å²) in [5.41, 5.74) is 5.26. The lowest BCUT2D eigenvalue weighted by Crippen LogP contribution is -2.11. The second-order valence-corrected chi connectivity index (χ2v) is 3.50. The number of rotatable bonds is 5. The molecule has 1 aromatic carbocycles. The van der Waals surface area contributed by atoms with Gasteiger partial charge >= 0.3 is 5.97 Å². The first-order valence-corrected chi connectivity index (χ1v) is 5.18. The summed E-state index contributed by atoms with van der Waals surface area (Å²) in [5, 5.41) is 11.6. The standard InChI is InChI=1S/C11H7F4N3O2/c12-7-5(3-1-2-4-17-18-16)8(13)10(15)6(9(7)14)11(19)20/h1,3H,2,4H2,(H,19,20). The second-order valence-electron chi connectivity index (χ2n) is 3.50. The van der Waals surface area contributed by atoms with Gasteiger partial charge in [0.15, 0.2) is 23.3 Å². The van der Waals surface area contributed by atoms with Gasteiger partial charge in [0.25, 0.3) is 0 Å². The highest BCUT2D eigenvalue weighted by Crippen LogP contribution is 2.25. The van der Waals surface area contributed by atoms with Crippen LogP contribution in [0.1, 0.15) is 22.3 Å². The Bertz CT molecular complexity index is 596. The molecule has 0 spiro atoms. The van der Waals surface area contributed by atoms with Gasteiger partial charge in [-0.2, -0.15) is 0 Å².